The molecule has 1 aliphatic rings. The number of anilines is 2. The number of hydrogen-bond donors (Lipinski definition) is 3. The molecule has 0 spiro atoms. The molecule has 0 fully saturated rings. The minimum Gasteiger partial charge on any atom is -0.481 e. The van der Waals surface area contributed by atoms with Gasteiger partial charge in [-0.15, -0.1) is 0 Å². The number of nitrogens with zero attached hydrogens (tertiary/aromatic N) is 1. The van der Waals surface area contributed by atoms with Gasteiger partial charge in [-0.1, -0.05) is 57.5 Å². The maximum atomic E-state index is 12.5. The molecule has 3 N–H and O–H groups in total. The molecule has 36 heavy (non-hydrogen) atoms. The summed E-state index contributed by atoms with van der Waals surface area (Å²) in [7, 11) is 1.83. The molecule has 0 atom stereocenters. The van der Waals surface area contributed by atoms with Crippen LogP contribution in [0.15, 0.2) is 36.4 Å². The largest absolute Gasteiger partial charge is 0.481 e. The smallest absolute Gasteiger partial charge is 0.373 e. The average Bonchev–Trinajstić information content (AvgIpc) is 3.09. The monoisotopic (exact) mass is 517 g/mol. The van der Waals surface area contributed by atoms with Crippen LogP contribution in [0, 0.1) is 5.41 Å². The Labute approximate surface area is 218 Å². The molecule has 3 rings (SSSR count). The fourth-order valence-corrected chi connectivity index (χ4v) is 3.83. The van der Waals surface area contributed by atoms with Crippen molar-refractivity contribution in [3.05, 3.63) is 58.1 Å². The highest BCUT2D eigenvalue weighted by Gasteiger charge is 2.25. The van der Waals surface area contributed by atoms with Crippen molar-refractivity contribution in [1.82, 2.24) is 5.32 Å². The number of carbonyl (C=O) groups excluding carboxylic acids is 3. The van der Waals surface area contributed by atoms with Crippen LogP contribution in [0.2, 0.25) is 5.02 Å². The zero-order valence-corrected chi connectivity index (χ0v) is 22.4. The fraction of sp³-hybridized carbons (Fsp3) is 0.444. The number of carbonyl (C=O) groups is 2. The molecule has 8 nitrogen and oxygen atoms in total. The Bertz CT molecular complexity index is 1040. The Morgan fingerprint density at radius 2 is 1.64 bits per heavy atom. The van der Waals surface area contributed by atoms with Gasteiger partial charge in [0.1, 0.15) is 0 Å². The second-order valence-electron chi connectivity index (χ2n) is 9.27. The topological polar surface area (TPSA) is 116 Å². The van der Waals surface area contributed by atoms with Gasteiger partial charge in [0.05, 0.1) is 10.7 Å². The van der Waals surface area contributed by atoms with E-state index in [2.05, 4.69) is 28.8 Å². The van der Waals surface area contributed by atoms with Crippen molar-refractivity contribution in [2.24, 2.45) is 5.41 Å². The number of fused-ring (bicyclic) bond motifs is 1. The molecule has 0 aromatic heterocycles. The van der Waals surface area contributed by atoms with Crippen molar-refractivity contribution in [3.63, 3.8) is 0 Å². The quantitative estimate of drug-likeness (QED) is 0.533. The lowest BCUT2D eigenvalue weighted by molar-refractivity contribution is -0.191. The third kappa shape index (κ3) is 9.82. The van der Waals surface area contributed by atoms with Crippen LogP contribution < -0.4 is 15.5 Å². The molecule has 196 valence electrons. The molecule has 0 saturated carbocycles. The Balaban J connectivity index is 0.000000709. The molecule has 0 radical (unpaired) electrons. The van der Waals surface area contributed by atoms with E-state index in [1.807, 2.05) is 46.0 Å². The third-order valence-corrected chi connectivity index (χ3v) is 5.84. The molecule has 1 heterocycles. The molecule has 0 aliphatic carbocycles. The molecule has 2 aromatic carbocycles. The number of amides is 1. The van der Waals surface area contributed by atoms with Gasteiger partial charge in [0.25, 0.3) is 0 Å². The molecule has 1 amide bonds. The third-order valence-electron chi connectivity index (χ3n) is 5.52. The van der Waals surface area contributed by atoms with Crippen LogP contribution in [0.5, 0.6) is 0 Å². The predicted molar refractivity (Wildman–Crippen MR) is 141 cm³/mol. The van der Waals surface area contributed by atoms with Gasteiger partial charge < -0.3 is 20.6 Å². The summed E-state index contributed by atoms with van der Waals surface area (Å²) in [5.41, 5.74) is 5.40. The Kier molecular flexibility index (Phi) is 12.9. The first-order chi connectivity index (χ1) is 17.0. The number of carboxylic acid groups (broad SMARTS) is 1. The van der Waals surface area contributed by atoms with Crippen LogP contribution in [0.4, 0.5) is 11.4 Å². The highest BCUT2D eigenvalue weighted by molar-refractivity contribution is 6.33. The minimum absolute atomic E-state index is 0.103. The van der Waals surface area contributed by atoms with Gasteiger partial charge in [0.15, 0.2) is 0 Å². The maximum absolute atomic E-state index is 12.5. The average molecular weight is 518 g/mol. The maximum Gasteiger partial charge on any atom is 0.373 e. The summed E-state index contributed by atoms with van der Waals surface area (Å²) >= 11 is 6.50. The van der Waals surface area contributed by atoms with E-state index >= 15 is 0 Å². The predicted octanol–water partition coefficient (Wildman–Crippen LogP) is 4.55. The summed E-state index contributed by atoms with van der Waals surface area (Å²) in [6.45, 7) is 10.1. The molecule has 9 heteroatoms. The van der Waals surface area contributed by atoms with Crippen molar-refractivity contribution in [2.45, 2.75) is 53.5 Å². The Morgan fingerprint density at radius 3 is 2.17 bits per heavy atom. The van der Waals surface area contributed by atoms with Gasteiger partial charge in [0, 0.05) is 31.1 Å². The number of benzene rings is 2. The molecule has 2 aromatic rings. The van der Waals surface area contributed by atoms with Crippen LogP contribution in [-0.4, -0.2) is 43.3 Å². The van der Waals surface area contributed by atoms with Crippen molar-refractivity contribution >= 4 is 41.0 Å². The Hall–Kier alpha value is -3.19. The summed E-state index contributed by atoms with van der Waals surface area (Å²) in [6.07, 6.45) is 2.49. The van der Waals surface area contributed by atoms with E-state index in [1.165, 1.54) is 11.1 Å². The van der Waals surface area contributed by atoms with E-state index in [4.69, 9.17) is 26.3 Å². The zero-order chi connectivity index (χ0) is 27.3. The van der Waals surface area contributed by atoms with Crippen molar-refractivity contribution in [2.75, 3.05) is 30.4 Å². The van der Waals surface area contributed by atoms with Crippen molar-refractivity contribution in [1.29, 1.82) is 0 Å². The molecular weight excluding hydrogens is 482 g/mol. The van der Waals surface area contributed by atoms with E-state index < -0.39 is 11.4 Å². The summed E-state index contributed by atoms with van der Waals surface area (Å²) in [5, 5.41) is 15.5. The van der Waals surface area contributed by atoms with Gasteiger partial charge in [0.2, 0.25) is 5.91 Å². The van der Waals surface area contributed by atoms with E-state index in [0.717, 1.165) is 47.9 Å². The van der Waals surface area contributed by atoms with Gasteiger partial charge in [-0.25, -0.2) is 0 Å². The normalized spacial score (nSPS) is 12.3. The van der Waals surface area contributed by atoms with Gasteiger partial charge in [-0.05, 0) is 60.8 Å². The van der Waals surface area contributed by atoms with Crippen LogP contribution in [0.25, 0.3) is 0 Å². The molecule has 1 aliphatic heterocycles. The van der Waals surface area contributed by atoms with E-state index in [9.17, 15) is 9.59 Å². The fourth-order valence-electron chi connectivity index (χ4n) is 3.58. The van der Waals surface area contributed by atoms with E-state index in [0.29, 0.717) is 6.54 Å². The minimum atomic E-state index is -0.745. The van der Waals surface area contributed by atoms with Gasteiger partial charge in [-0.2, -0.15) is 9.59 Å². The molecular formula is C27H36ClN3O5. The number of rotatable bonds is 5. The van der Waals surface area contributed by atoms with Gasteiger partial charge in [-0.3, -0.25) is 9.59 Å². The number of hydrogen-bond acceptors (Lipinski definition) is 6. The second-order valence-corrected chi connectivity index (χ2v) is 9.68. The first-order valence-electron chi connectivity index (χ1n) is 11.8. The number of aliphatic carboxylic acids is 1. The molecule has 0 unspecified atom stereocenters. The highest BCUT2D eigenvalue weighted by atomic mass is 35.5. The lowest BCUT2D eigenvalue weighted by atomic mass is 9.94. The zero-order valence-electron chi connectivity index (χ0n) is 21.6. The number of carboxylic acids is 1. The SMILES string of the molecule is CCC(=O)O.CN(C(=O)C(C)(C)C)c1ccc(CNc2c(Cl)ccc3c2CCNCC3)cc1.O=C=O. The summed E-state index contributed by atoms with van der Waals surface area (Å²) in [6, 6.07) is 12.3. The van der Waals surface area contributed by atoms with Crippen LogP contribution in [-0.2, 0) is 38.6 Å². The van der Waals surface area contributed by atoms with Crippen molar-refractivity contribution in [3.8, 4) is 0 Å². The second kappa shape index (κ2) is 15.0. The van der Waals surface area contributed by atoms with E-state index in [1.54, 1.807) is 11.8 Å². The molecule has 0 saturated heterocycles. The number of halogens is 1. The summed E-state index contributed by atoms with van der Waals surface area (Å²) in [5.74, 6) is -0.643. The number of nitrogens with one attached hydrogen (secondary N) is 2. The first kappa shape index (κ1) is 30.8. The first-order valence-corrected chi connectivity index (χ1v) is 12.2. The lowest BCUT2D eigenvalue weighted by Gasteiger charge is -2.26. The summed E-state index contributed by atoms with van der Waals surface area (Å²) in [4.78, 5) is 39.8. The summed E-state index contributed by atoms with van der Waals surface area (Å²) < 4.78 is 0. The lowest BCUT2D eigenvalue weighted by Crippen LogP contribution is -2.36. The van der Waals surface area contributed by atoms with Crippen LogP contribution in [0.1, 0.15) is 50.8 Å². The standard InChI is InChI=1S/C23H30ClN3O.C3H6O2.CO2/c1-23(2,3)22(28)27(4)18-8-5-16(6-9-18)15-26-21-19-12-14-25-13-11-17(19)7-10-20(21)24;1-2-3(4)5;2-1-3/h5-10,25-26H,11-15H2,1-4H3;2H2,1H3,(H,4,5);. The van der Waals surface area contributed by atoms with Gasteiger partial charge >= 0.3 is 12.1 Å². The van der Waals surface area contributed by atoms with Crippen molar-refractivity contribution < 1.29 is 24.3 Å². The van der Waals surface area contributed by atoms with Crippen LogP contribution >= 0.6 is 11.6 Å². The Morgan fingerprint density at radius 1 is 1.08 bits per heavy atom. The highest BCUT2D eigenvalue weighted by Crippen LogP contribution is 2.31. The molecule has 0 bridgehead atoms. The van der Waals surface area contributed by atoms with E-state index in [-0.39, 0.29) is 18.5 Å². The van der Waals surface area contributed by atoms with Crippen LogP contribution in [0.3, 0.4) is 0 Å².